The van der Waals surface area contributed by atoms with Crippen LogP contribution < -0.4 is 0 Å². The number of allylic oxidation sites excluding steroid dienone is 1. The molecule has 0 fully saturated rings. The second kappa shape index (κ2) is 8.56. The monoisotopic (exact) mass is 308 g/mol. The van der Waals surface area contributed by atoms with E-state index in [1.165, 1.54) is 0 Å². The number of hydrogen-bond acceptors (Lipinski definition) is 2. The van der Waals surface area contributed by atoms with Gasteiger partial charge >= 0.3 is 0 Å². The zero-order valence-electron chi connectivity index (χ0n) is 14.9. The van der Waals surface area contributed by atoms with E-state index in [0.29, 0.717) is 22.2 Å². The number of carbonyl (C=O) groups is 1. The van der Waals surface area contributed by atoms with E-state index in [9.17, 15) is 4.79 Å². The first kappa shape index (κ1) is 20.1. The molecule has 0 aliphatic carbocycles. The summed E-state index contributed by atoms with van der Waals surface area (Å²) in [4.78, 5) is 10.8. The van der Waals surface area contributed by atoms with Gasteiger partial charge in [-0.3, -0.25) is 4.79 Å². The van der Waals surface area contributed by atoms with Crippen molar-refractivity contribution in [3.8, 4) is 12.3 Å². The van der Waals surface area contributed by atoms with Crippen molar-refractivity contribution in [3.63, 3.8) is 0 Å². The fourth-order valence-corrected chi connectivity index (χ4v) is 9.00. The molecule has 0 amide bonds. The van der Waals surface area contributed by atoms with Crippen LogP contribution in [0.3, 0.4) is 0 Å². The lowest BCUT2D eigenvalue weighted by molar-refractivity contribution is -0.104. The highest BCUT2D eigenvalue weighted by molar-refractivity contribution is 6.77. The average Bonchev–Trinajstić information content (AvgIpc) is 2.38. The minimum atomic E-state index is -2.00. The lowest BCUT2D eigenvalue weighted by Crippen LogP contribution is -2.50. The number of hydrogen-bond donors (Lipinski definition) is 0. The van der Waals surface area contributed by atoms with Gasteiger partial charge in [0.15, 0.2) is 0 Å². The third kappa shape index (κ3) is 4.83. The van der Waals surface area contributed by atoms with Crippen molar-refractivity contribution in [1.82, 2.24) is 0 Å². The van der Waals surface area contributed by atoms with Gasteiger partial charge in [-0.15, -0.1) is 6.42 Å². The first-order valence-corrected chi connectivity index (χ1v) is 10.0. The van der Waals surface area contributed by atoms with E-state index in [2.05, 4.69) is 47.5 Å². The Morgan fingerprint density at radius 2 is 1.48 bits per heavy atom. The normalized spacial score (nSPS) is 16.2. The average molecular weight is 309 g/mol. The van der Waals surface area contributed by atoms with Crippen LogP contribution in [0, 0.1) is 18.3 Å². The summed E-state index contributed by atoms with van der Waals surface area (Å²) in [6.07, 6.45) is 8.24. The number of aldehydes is 1. The van der Waals surface area contributed by atoms with Gasteiger partial charge in [0.05, 0.1) is 0 Å². The minimum absolute atomic E-state index is 0.0447. The van der Waals surface area contributed by atoms with Gasteiger partial charge in [0, 0.05) is 5.92 Å². The largest absolute Gasteiger partial charge is 0.402 e. The summed E-state index contributed by atoms with van der Waals surface area (Å²) in [6, 6.07) is 0. The molecule has 0 radical (unpaired) electrons. The molecule has 0 aromatic carbocycles. The summed E-state index contributed by atoms with van der Waals surface area (Å²) in [5.41, 5.74) is 2.20. The van der Waals surface area contributed by atoms with Crippen LogP contribution in [0.1, 0.15) is 55.4 Å². The summed E-state index contributed by atoms with van der Waals surface area (Å²) in [6.45, 7) is 17.3. The molecule has 0 spiro atoms. The molecule has 21 heavy (non-hydrogen) atoms. The molecule has 2 nitrogen and oxygen atoms in total. The zero-order chi connectivity index (χ0) is 16.8. The smallest absolute Gasteiger partial charge is 0.202 e. The zero-order valence-corrected chi connectivity index (χ0v) is 15.9. The summed E-state index contributed by atoms with van der Waals surface area (Å²) in [7, 11) is -2.00. The van der Waals surface area contributed by atoms with E-state index in [4.69, 9.17) is 10.8 Å². The highest BCUT2D eigenvalue weighted by Crippen LogP contribution is 2.43. The Morgan fingerprint density at radius 1 is 1.05 bits per heavy atom. The van der Waals surface area contributed by atoms with Gasteiger partial charge in [-0.05, 0) is 29.1 Å². The molecular weight excluding hydrogens is 276 g/mol. The summed E-state index contributed by atoms with van der Waals surface area (Å²) in [5, 5.41) is 0. The van der Waals surface area contributed by atoms with Crippen LogP contribution in [0.15, 0.2) is 11.6 Å². The maximum Gasteiger partial charge on any atom is 0.202 e. The van der Waals surface area contributed by atoms with Crippen LogP contribution in [0.5, 0.6) is 0 Å². The van der Waals surface area contributed by atoms with E-state index < -0.39 is 8.32 Å². The molecule has 0 rings (SSSR count). The fourth-order valence-electron chi connectivity index (χ4n) is 3.46. The van der Waals surface area contributed by atoms with Crippen molar-refractivity contribution in [2.45, 2.75) is 78.1 Å². The Balaban J connectivity index is 5.50. The topological polar surface area (TPSA) is 26.3 Å². The van der Waals surface area contributed by atoms with Crippen LogP contribution >= 0.6 is 0 Å². The molecule has 0 saturated heterocycles. The van der Waals surface area contributed by atoms with E-state index in [0.717, 1.165) is 6.29 Å². The number of carbonyl (C=O) groups excluding carboxylic acids is 1. The fraction of sp³-hybridized carbons (Fsp3) is 0.722. The van der Waals surface area contributed by atoms with Crippen LogP contribution in [-0.4, -0.2) is 20.7 Å². The van der Waals surface area contributed by atoms with Crippen LogP contribution in [0.25, 0.3) is 0 Å². The molecule has 0 aromatic heterocycles. The number of terminal acetylenes is 1. The second-order valence-electron chi connectivity index (χ2n) is 6.91. The predicted molar refractivity (Wildman–Crippen MR) is 93.7 cm³/mol. The van der Waals surface area contributed by atoms with Crippen molar-refractivity contribution in [2.75, 3.05) is 0 Å². The van der Waals surface area contributed by atoms with E-state index in [1.54, 1.807) is 6.92 Å². The van der Waals surface area contributed by atoms with E-state index >= 15 is 0 Å². The predicted octanol–water partition coefficient (Wildman–Crippen LogP) is 4.96. The molecule has 2 atom stereocenters. The molecule has 0 bridgehead atoms. The van der Waals surface area contributed by atoms with Gasteiger partial charge in [-0.25, -0.2) is 0 Å². The van der Waals surface area contributed by atoms with Gasteiger partial charge in [0.25, 0.3) is 0 Å². The van der Waals surface area contributed by atoms with Gasteiger partial charge in [0.2, 0.25) is 8.32 Å². The van der Waals surface area contributed by atoms with Crippen molar-refractivity contribution in [1.29, 1.82) is 0 Å². The Morgan fingerprint density at radius 3 is 1.76 bits per heavy atom. The molecule has 3 heteroatoms. The number of rotatable bonds is 8. The second-order valence-corrected chi connectivity index (χ2v) is 12.3. The lowest BCUT2D eigenvalue weighted by Gasteiger charge is -2.44. The molecule has 0 saturated carbocycles. The summed E-state index contributed by atoms with van der Waals surface area (Å²) in [5.74, 6) is 2.85. The van der Waals surface area contributed by atoms with Crippen LogP contribution in [-0.2, 0) is 9.22 Å². The molecule has 0 N–H and O–H groups in total. The van der Waals surface area contributed by atoms with E-state index in [1.807, 2.05) is 13.0 Å². The quantitative estimate of drug-likeness (QED) is 0.274. The Bertz CT molecular complexity index is 380. The minimum Gasteiger partial charge on any atom is -0.402 e. The Hall–Kier alpha value is -0.853. The first-order chi connectivity index (χ1) is 9.63. The molecule has 0 aromatic rings. The Kier molecular flexibility index (Phi) is 8.21. The third-order valence-corrected chi connectivity index (χ3v) is 10.5. The van der Waals surface area contributed by atoms with Crippen molar-refractivity contribution < 1.29 is 9.22 Å². The highest BCUT2D eigenvalue weighted by Gasteiger charge is 2.46. The van der Waals surface area contributed by atoms with Gasteiger partial charge < -0.3 is 4.43 Å². The van der Waals surface area contributed by atoms with Crippen LogP contribution in [0.4, 0.5) is 0 Å². The molecule has 0 heterocycles. The molecule has 0 aliphatic heterocycles. The summed E-state index contributed by atoms with van der Waals surface area (Å²) >= 11 is 0. The molecule has 0 unspecified atom stereocenters. The highest BCUT2D eigenvalue weighted by atomic mass is 28.4. The van der Waals surface area contributed by atoms with Crippen molar-refractivity contribution in [3.05, 3.63) is 11.6 Å². The lowest BCUT2D eigenvalue weighted by atomic mass is 10.0. The molecular formula is C18H32O2Si. The molecule has 120 valence electrons. The maximum absolute atomic E-state index is 10.8. The SMILES string of the molecule is C#C[C@@H](O[Si](C(C)C)(C(C)C)C(C)C)[C@H](C)/C=C(\C)C=O. The van der Waals surface area contributed by atoms with Crippen molar-refractivity contribution in [2.24, 2.45) is 5.92 Å². The van der Waals surface area contributed by atoms with Gasteiger partial charge in [-0.1, -0.05) is 60.5 Å². The standard InChI is InChI=1S/C18H32O2Si/c1-10-18(17(9)11-16(8)12-19)20-21(13(2)3,14(4)5)15(6)7/h1,11-15,17-18H,2-9H3/b16-11+/t17-,18-/m1/s1. The summed E-state index contributed by atoms with van der Waals surface area (Å²) < 4.78 is 6.62. The molecule has 0 aliphatic rings. The van der Waals surface area contributed by atoms with Crippen molar-refractivity contribution >= 4 is 14.6 Å². The maximum atomic E-state index is 10.8. The van der Waals surface area contributed by atoms with Gasteiger partial charge in [-0.2, -0.15) is 0 Å². The Labute approximate surface area is 132 Å². The van der Waals surface area contributed by atoms with Gasteiger partial charge in [0.1, 0.15) is 12.4 Å². The van der Waals surface area contributed by atoms with Crippen LogP contribution in [0.2, 0.25) is 16.6 Å². The first-order valence-electron chi connectivity index (χ1n) is 7.90. The third-order valence-electron chi connectivity index (χ3n) is 4.39. The van der Waals surface area contributed by atoms with E-state index in [-0.39, 0.29) is 12.0 Å².